The molecule has 1 amide bonds. The van der Waals surface area contributed by atoms with Gasteiger partial charge in [0, 0.05) is 25.4 Å². The Labute approximate surface area is 182 Å². The Morgan fingerprint density at radius 2 is 1.42 bits per heavy atom. The minimum Gasteiger partial charge on any atom is -0.321 e. The van der Waals surface area contributed by atoms with Crippen molar-refractivity contribution in [2.75, 3.05) is 18.6 Å². The lowest BCUT2D eigenvalue weighted by Crippen LogP contribution is -2.26. The average Bonchev–Trinajstić information content (AvgIpc) is 2.74. The van der Waals surface area contributed by atoms with Crippen LogP contribution >= 0.6 is 0 Å². The van der Waals surface area contributed by atoms with Crippen molar-refractivity contribution in [2.45, 2.75) is 16.3 Å². The molecule has 0 fully saturated rings. The van der Waals surface area contributed by atoms with E-state index in [-0.39, 0.29) is 27.6 Å². The lowest BCUT2D eigenvalue weighted by molar-refractivity contribution is 0.102. The van der Waals surface area contributed by atoms with Crippen LogP contribution in [-0.2, 0) is 26.4 Å². The lowest BCUT2D eigenvalue weighted by atomic mass is 10.2. The van der Waals surface area contributed by atoms with Gasteiger partial charge in [0.2, 0.25) is 10.0 Å². The molecule has 0 spiro atoms. The van der Waals surface area contributed by atoms with Gasteiger partial charge in [-0.25, -0.2) is 16.8 Å². The summed E-state index contributed by atoms with van der Waals surface area (Å²) >= 11 is 0. The zero-order valence-corrected chi connectivity index (χ0v) is 18.7. The number of anilines is 1. The van der Waals surface area contributed by atoms with Crippen LogP contribution in [0.5, 0.6) is 0 Å². The number of sulfonamides is 1. The highest BCUT2D eigenvalue weighted by molar-refractivity contribution is 7.91. The van der Waals surface area contributed by atoms with Gasteiger partial charge in [-0.1, -0.05) is 42.5 Å². The molecular weight excluding hydrogens is 436 g/mol. The number of sulfone groups is 1. The minimum absolute atomic E-state index is 0.00471. The summed E-state index contributed by atoms with van der Waals surface area (Å²) in [6.45, 7) is 0.216. The SMILES string of the molecule is CN(Cc1ccccc1)S(=O)(=O)c1ccc(C(=O)Nc2ccccc2S(C)(=O)=O)cc1. The summed E-state index contributed by atoms with van der Waals surface area (Å²) in [4.78, 5) is 12.6. The summed E-state index contributed by atoms with van der Waals surface area (Å²) in [6, 6.07) is 20.8. The monoisotopic (exact) mass is 458 g/mol. The highest BCUT2D eigenvalue weighted by Gasteiger charge is 2.22. The predicted molar refractivity (Wildman–Crippen MR) is 119 cm³/mol. The first-order valence-corrected chi connectivity index (χ1v) is 12.6. The summed E-state index contributed by atoms with van der Waals surface area (Å²) in [7, 11) is -5.77. The zero-order chi connectivity index (χ0) is 22.6. The number of carbonyl (C=O) groups is 1. The second-order valence-electron chi connectivity index (χ2n) is 6.99. The number of nitrogens with one attached hydrogen (secondary N) is 1. The van der Waals surface area contributed by atoms with Crippen molar-refractivity contribution in [1.29, 1.82) is 0 Å². The maximum atomic E-state index is 12.8. The number of para-hydroxylation sites is 1. The van der Waals surface area contributed by atoms with Crippen LogP contribution in [0, 0.1) is 0 Å². The number of nitrogens with zero attached hydrogens (tertiary/aromatic N) is 1. The Hall–Kier alpha value is -3.01. The fourth-order valence-electron chi connectivity index (χ4n) is 2.97. The van der Waals surface area contributed by atoms with E-state index in [2.05, 4.69) is 5.32 Å². The van der Waals surface area contributed by atoms with Crippen LogP contribution in [0.1, 0.15) is 15.9 Å². The molecule has 9 heteroatoms. The molecule has 0 aliphatic rings. The third-order valence-corrected chi connectivity index (χ3v) is 7.58. The highest BCUT2D eigenvalue weighted by Crippen LogP contribution is 2.22. The van der Waals surface area contributed by atoms with E-state index in [1.54, 1.807) is 12.1 Å². The third kappa shape index (κ3) is 5.38. The average molecular weight is 459 g/mol. The molecule has 0 aliphatic carbocycles. The van der Waals surface area contributed by atoms with Gasteiger partial charge in [-0.2, -0.15) is 4.31 Å². The van der Waals surface area contributed by atoms with E-state index >= 15 is 0 Å². The molecule has 0 saturated heterocycles. The Balaban J connectivity index is 1.78. The first-order chi connectivity index (χ1) is 14.6. The molecule has 3 rings (SSSR count). The van der Waals surface area contributed by atoms with Crippen LogP contribution in [-0.4, -0.2) is 40.4 Å². The quantitative estimate of drug-likeness (QED) is 0.586. The molecule has 31 heavy (non-hydrogen) atoms. The van der Waals surface area contributed by atoms with E-state index < -0.39 is 25.8 Å². The second kappa shape index (κ2) is 9.01. The normalized spacial score (nSPS) is 12.0. The third-order valence-electron chi connectivity index (χ3n) is 4.61. The minimum atomic E-state index is -3.74. The van der Waals surface area contributed by atoms with Gasteiger partial charge in [-0.05, 0) is 42.0 Å². The van der Waals surface area contributed by atoms with Gasteiger partial charge in [0.1, 0.15) is 0 Å². The number of carbonyl (C=O) groups excluding carboxylic acids is 1. The van der Waals surface area contributed by atoms with Gasteiger partial charge in [0.05, 0.1) is 15.5 Å². The first-order valence-electron chi connectivity index (χ1n) is 9.30. The van der Waals surface area contributed by atoms with Crippen molar-refractivity contribution in [3.8, 4) is 0 Å². The summed E-state index contributed by atoms with van der Waals surface area (Å²) in [5, 5.41) is 2.57. The largest absolute Gasteiger partial charge is 0.321 e. The van der Waals surface area contributed by atoms with E-state index in [0.29, 0.717) is 0 Å². The standard InChI is InChI=1S/C22H22N2O5S2/c1-24(16-17-8-4-3-5-9-17)31(28,29)19-14-12-18(13-15-19)22(25)23-20-10-6-7-11-21(20)30(2,26)27/h3-15H,16H2,1-2H3,(H,23,25). The molecule has 0 radical (unpaired) electrons. The topological polar surface area (TPSA) is 101 Å². The maximum absolute atomic E-state index is 12.8. The number of hydrogen-bond donors (Lipinski definition) is 1. The van der Waals surface area contributed by atoms with Gasteiger partial charge in [-0.3, -0.25) is 4.79 Å². The summed E-state index contributed by atoms with van der Waals surface area (Å²) < 4.78 is 50.7. The number of benzene rings is 3. The van der Waals surface area contributed by atoms with Crippen LogP contribution in [0.4, 0.5) is 5.69 Å². The summed E-state index contributed by atoms with van der Waals surface area (Å²) in [5.41, 5.74) is 1.22. The van der Waals surface area contributed by atoms with Gasteiger partial charge in [0.25, 0.3) is 5.91 Å². The van der Waals surface area contributed by atoms with Crippen molar-refractivity contribution < 1.29 is 21.6 Å². The van der Waals surface area contributed by atoms with Gasteiger partial charge >= 0.3 is 0 Å². The Morgan fingerprint density at radius 3 is 2.03 bits per heavy atom. The fraction of sp³-hybridized carbons (Fsp3) is 0.136. The Bertz CT molecular complexity index is 1290. The molecule has 3 aromatic rings. The molecule has 0 aromatic heterocycles. The van der Waals surface area contributed by atoms with E-state index in [0.717, 1.165) is 11.8 Å². The van der Waals surface area contributed by atoms with E-state index in [1.165, 1.54) is 47.8 Å². The van der Waals surface area contributed by atoms with Gasteiger partial charge in [0.15, 0.2) is 9.84 Å². The van der Waals surface area contributed by atoms with Crippen LogP contribution in [0.2, 0.25) is 0 Å². The molecule has 1 N–H and O–H groups in total. The lowest BCUT2D eigenvalue weighted by Gasteiger charge is -2.17. The molecule has 162 valence electrons. The molecule has 0 aliphatic heterocycles. The zero-order valence-electron chi connectivity index (χ0n) is 17.0. The molecule has 0 heterocycles. The van der Waals surface area contributed by atoms with Crippen molar-refractivity contribution >= 4 is 31.5 Å². The summed E-state index contributed by atoms with van der Waals surface area (Å²) in [6.07, 6.45) is 1.06. The number of rotatable bonds is 7. The smallest absolute Gasteiger partial charge is 0.255 e. The van der Waals surface area contributed by atoms with Crippen LogP contribution < -0.4 is 5.32 Å². The first kappa shape index (κ1) is 22.7. The van der Waals surface area contributed by atoms with Crippen molar-refractivity contribution in [3.05, 3.63) is 90.0 Å². The van der Waals surface area contributed by atoms with Gasteiger partial charge in [-0.15, -0.1) is 0 Å². The van der Waals surface area contributed by atoms with Crippen LogP contribution in [0.3, 0.4) is 0 Å². The molecular formula is C22H22N2O5S2. The highest BCUT2D eigenvalue weighted by atomic mass is 32.2. The predicted octanol–water partition coefficient (Wildman–Crippen LogP) is 3.16. The fourth-order valence-corrected chi connectivity index (χ4v) is 4.97. The van der Waals surface area contributed by atoms with Crippen molar-refractivity contribution in [3.63, 3.8) is 0 Å². The second-order valence-corrected chi connectivity index (χ2v) is 11.0. The maximum Gasteiger partial charge on any atom is 0.255 e. The molecule has 0 saturated carbocycles. The van der Waals surface area contributed by atoms with Crippen LogP contribution in [0.15, 0.2) is 88.7 Å². The van der Waals surface area contributed by atoms with Crippen molar-refractivity contribution in [1.82, 2.24) is 4.31 Å². The number of amides is 1. The molecule has 3 aromatic carbocycles. The summed E-state index contributed by atoms with van der Waals surface area (Å²) in [5.74, 6) is -0.544. The van der Waals surface area contributed by atoms with Crippen molar-refractivity contribution in [2.24, 2.45) is 0 Å². The molecule has 0 atom stereocenters. The van der Waals surface area contributed by atoms with Crippen LogP contribution in [0.25, 0.3) is 0 Å². The number of hydrogen-bond acceptors (Lipinski definition) is 5. The Kier molecular flexibility index (Phi) is 6.59. The van der Waals surface area contributed by atoms with E-state index in [9.17, 15) is 21.6 Å². The Morgan fingerprint density at radius 1 is 0.839 bits per heavy atom. The molecule has 0 unspecified atom stereocenters. The van der Waals surface area contributed by atoms with Gasteiger partial charge < -0.3 is 5.32 Å². The van der Waals surface area contributed by atoms with E-state index in [1.807, 2.05) is 30.3 Å². The molecule has 7 nitrogen and oxygen atoms in total. The molecule has 0 bridgehead atoms. The van der Waals surface area contributed by atoms with E-state index in [4.69, 9.17) is 0 Å².